The summed E-state index contributed by atoms with van der Waals surface area (Å²) in [6.07, 6.45) is 1.20. The van der Waals surface area contributed by atoms with E-state index in [-0.39, 0.29) is 19.0 Å². The summed E-state index contributed by atoms with van der Waals surface area (Å²) in [6, 6.07) is -2.30. The quantitative estimate of drug-likeness (QED) is 0.556. The molecule has 2 aliphatic rings. The SMILES string of the molecule is CNC(=O)C1CCCN1C(=O)N1CC(=O)NCC1C(=O)O. The third kappa shape index (κ3) is 2.91. The third-order valence-corrected chi connectivity index (χ3v) is 3.76. The van der Waals surface area contributed by atoms with Crippen LogP contribution in [0.3, 0.4) is 0 Å². The van der Waals surface area contributed by atoms with Crippen molar-refractivity contribution in [3.8, 4) is 0 Å². The summed E-state index contributed by atoms with van der Waals surface area (Å²) >= 11 is 0. The Balaban J connectivity index is 2.17. The van der Waals surface area contributed by atoms with E-state index in [1.807, 2.05) is 0 Å². The summed E-state index contributed by atoms with van der Waals surface area (Å²) in [4.78, 5) is 49.3. The molecule has 21 heavy (non-hydrogen) atoms. The smallest absolute Gasteiger partial charge is 0.328 e. The summed E-state index contributed by atoms with van der Waals surface area (Å²) < 4.78 is 0. The summed E-state index contributed by atoms with van der Waals surface area (Å²) in [5, 5.41) is 14.1. The number of nitrogens with zero attached hydrogens (tertiary/aromatic N) is 2. The van der Waals surface area contributed by atoms with Crippen LogP contribution in [0.4, 0.5) is 4.79 Å². The van der Waals surface area contributed by atoms with Gasteiger partial charge in [-0.2, -0.15) is 0 Å². The van der Waals surface area contributed by atoms with Crippen molar-refractivity contribution in [3.05, 3.63) is 0 Å². The molecule has 2 unspecified atom stereocenters. The van der Waals surface area contributed by atoms with Crippen LogP contribution in [0.25, 0.3) is 0 Å². The fraction of sp³-hybridized carbons (Fsp3) is 0.667. The predicted octanol–water partition coefficient (Wildman–Crippen LogP) is -1.80. The lowest BCUT2D eigenvalue weighted by molar-refractivity contribution is -0.144. The number of hydrogen-bond acceptors (Lipinski definition) is 4. The number of amides is 4. The highest BCUT2D eigenvalue weighted by Crippen LogP contribution is 2.21. The molecule has 2 rings (SSSR count). The van der Waals surface area contributed by atoms with Crippen molar-refractivity contribution in [3.63, 3.8) is 0 Å². The van der Waals surface area contributed by atoms with E-state index >= 15 is 0 Å². The molecule has 0 bridgehead atoms. The van der Waals surface area contributed by atoms with Crippen LogP contribution in [-0.2, 0) is 14.4 Å². The second-order valence-corrected chi connectivity index (χ2v) is 5.03. The molecule has 3 N–H and O–H groups in total. The molecule has 0 aliphatic carbocycles. The first-order valence-electron chi connectivity index (χ1n) is 6.74. The Morgan fingerprint density at radius 3 is 2.62 bits per heavy atom. The topological polar surface area (TPSA) is 119 Å². The minimum absolute atomic E-state index is 0.127. The highest BCUT2D eigenvalue weighted by molar-refractivity contribution is 5.93. The lowest BCUT2D eigenvalue weighted by Gasteiger charge is -2.36. The number of nitrogens with one attached hydrogen (secondary N) is 2. The number of carbonyl (C=O) groups is 4. The number of likely N-dealkylation sites (N-methyl/N-ethyl adjacent to an activating group) is 1. The molecule has 2 fully saturated rings. The highest BCUT2D eigenvalue weighted by atomic mass is 16.4. The Morgan fingerprint density at radius 1 is 1.29 bits per heavy atom. The zero-order chi connectivity index (χ0) is 15.6. The Labute approximate surface area is 121 Å². The molecule has 9 nitrogen and oxygen atoms in total. The molecule has 0 radical (unpaired) electrons. The van der Waals surface area contributed by atoms with Gasteiger partial charge in [0.05, 0.1) is 0 Å². The van der Waals surface area contributed by atoms with E-state index in [4.69, 9.17) is 5.11 Å². The number of aliphatic carboxylic acids is 1. The maximum Gasteiger partial charge on any atom is 0.328 e. The predicted molar refractivity (Wildman–Crippen MR) is 70.3 cm³/mol. The van der Waals surface area contributed by atoms with E-state index in [0.29, 0.717) is 19.4 Å². The Hall–Kier alpha value is -2.32. The van der Waals surface area contributed by atoms with Gasteiger partial charge >= 0.3 is 12.0 Å². The average molecular weight is 298 g/mol. The van der Waals surface area contributed by atoms with Gasteiger partial charge in [0.25, 0.3) is 0 Å². The number of likely N-dealkylation sites (tertiary alicyclic amines) is 1. The van der Waals surface area contributed by atoms with Gasteiger partial charge in [-0.3, -0.25) is 14.5 Å². The summed E-state index contributed by atoms with van der Waals surface area (Å²) in [5.74, 6) is -1.87. The van der Waals surface area contributed by atoms with Gasteiger partial charge in [-0.25, -0.2) is 9.59 Å². The van der Waals surface area contributed by atoms with Crippen LogP contribution in [0, 0.1) is 0 Å². The molecule has 0 aromatic heterocycles. The van der Waals surface area contributed by atoms with Gasteiger partial charge in [-0.05, 0) is 12.8 Å². The molecule has 2 aliphatic heterocycles. The maximum absolute atomic E-state index is 12.5. The molecular formula is C12H18N4O5. The minimum Gasteiger partial charge on any atom is -0.480 e. The van der Waals surface area contributed by atoms with Gasteiger partial charge in [0, 0.05) is 20.1 Å². The number of carboxylic acids is 1. The standard InChI is InChI=1S/C12H18N4O5/c1-13-10(18)7-3-2-4-15(7)12(21)16-6-9(17)14-5-8(16)11(19)20/h7-8H,2-6H2,1H3,(H,13,18)(H,14,17)(H,19,20). The van der Waals surface area contributed by atoms with Crippen LogP contribution < -0.4 is 10.6 Å². The fourth-order valence-corrected chi connectivity index (χ4v) is 2.66. The van der Waals surface area contributed by atoms with Crippen LogP contribution in [0.1, 0.15) is 12.8 Å². The van der Waals surface area contributed by atoms with Crippen LogP contribution in [0.2, 0.25) is 0 Å². The number of piperazine rings is 1. The maximum atomic E-state index is 12.5. The first kappa shape index (κ1) is 15.1. The molecule has 2 atom stereocenters. The van der Waals surface area contributed by atoms with Crippen LogP contribution in [-0.4, -0.2) is 77.5 Å². The van der Waals surface area contributed by atoms with E-state index in [1.165, 1.54) is 11.9 Å². The molecule has 9 heteroatoms. The molecule has 0 spiro atoms. The molecular weight excluding hydrogens is 280 g/mol. The lowest BCUT2D eigenvalue weighted by Crippen LogP contribution is -2.63. The zero-order valence-corrected chi connectivity index (χ0v) is 11.7. The molecule has 0 saturated carbocycles. The number of hydrogen-bond donors (Lipinski definition) is 3. The van der Waals surface area contributed by atoms with Gasteiger partial charge in [0.2, 0.25) is 11.8 Å². The van der Waals surface area contributed by atoms with E-state index < -0.39 is 30.0 Å². The van der Waals surface area contributed by atoms with Crippen molar-refractivity contribution >= 4 is 23.8 Å². The van der Waals surface area contributed by atoms with Gasteiger partial charge in [-0.1, -0.05) is 0 Å². The fourth-order valence-electron chi connectivity index (χ4n) is 2.66. The van der Waals surface area contributed by atoms with Gasteiger partial charge in [0.1, 0.15) is 18.6 Å². The van der Waals surface area contributed by atoms with Gasteiger partial charge in [0.15, 0.2) is 0 Å². The summed E-state index contributed by atoms with van der Waals surface area (Å²) in [7, 11) is 1.48. The van der Waals surface area contributed by atoms with Crippen molar-refractivity contribution < 1.29 is 24.3 Å². The second kappa shape index (κ2) is 5.98. The average Bonchev–Trinajstić information content (AvgIpc) is 2.94. The van der Waals surface area contributed by atoms with Crippen molar-refractivity contribution in [1.29, 1.82) is 0 Å². The van der Waals surface area contributed by atoms with Crippen LogP contribution >= 0.6 is 0 Å². The van der Waals surface area contributed by atoms with Gasteiger partial charge < -0.3 is 20.6 Å². The normalized spacial score (nSPS) is 25.5. The molecule has 2 heterocycles. The first-order valence-corrected chi connectivity index (χ1v) is 6.74. The largest absolute Gasteiger partial charge is 0.480 e. The molecule has 116 valence electrons. The summed E-state index contributed by atoms with van der Waals surface area (Å²) in [5.41, 5.74) is 0. The number of rotatable bonds is 2. The molecule has 0 aromatic rings. The number of urea groups is 1. The Morgan fingerprint density at radius 2 is 2.00 bits per heavy atom. The molecule has 0 aromatic carbocycles. The van der Waals surface area contributed by atoms with E-state index in [2.05, 4.69) is 10.6 Å². The number of carboxylic acid groups (broad SMARTS) is 1. The Kier molecular flexibility index (Phi) is 4.29. The lowest BCUT2D eigenvalue weighted by atomic mass is 10.2. The number of carbonyl (C=O) groups excluding carboxylic acids is 3. The molecule has 2 saturated heterocycles. The van der Waals surface area contributed by atoms with E-state index in [1.54, 1.807) is 0 Å². The second-order valence-electron chi connectivity index (χ2n) is 5.03. The third-order valence-electron chi connectivity index (χ3n) is 3.76. The van der Waals surface area contributed by atoms with Gasteiger partial charge in [-0.15, -0.1) is 0 Å². The van der Waals surface area contributed by atoms with Crippen molar-refractivity contribution in [1.82, 2.24) is 20.4 Å². The van der Waals surface area contributed by atoms with Crippen LogP contribution in [0.5, 0.6) is 0 Å². The Bertz CT molecular complexity index is 480. The van der Waals surface area contributed by atoms with Crippen molar-refractivity contribution in [2.24, 2.45) is 0 Å². The molecule has 4 amide bonds. The summed E-state index contributed by atoms with van der Waals surface area (Å²) in [6.45, 7) is -0.0630. The monoisotopic (exact) mass is 298 g/mol. The van der Waals surface area contributed by atoms with Crippen molar-refractivity contribution in [2.45, 2.75) is 24.9 Å². The van der Waals surface area contributed by atoms with Crippen LogP contribution in [0.15, 0.2) is 0 Å². The first-order chi connectivity index (χ1) is 9.95. The van der Waals surface area contributed by atoms with E-state index in [0.717, 1.165) is 4.90 Å². The zero-order valence-electron chi connectivity index (χ0n) is 11.7. The highest BCUT2D eigenvalue weighted by Gasteiger charge is 2.41. The van der Waals surface area contributed by atoms with Crippen molar-refractivity contribution in [2.75, 3.05) is 26.7 Å². The minimum atomic E-state index is -1.18. The van der Waals surface area contributed by atoms with E-state index in [9.17, 15) is 19.2 Å².